The number of ether oxygens (including phenoxy) is 3. The van der Waals surface area contributed by atoms with Gasteiger partial charge in [-0.15, -0.1) is 0 Å². The van der Waals surface area contributed by atoms with E-state index in [1.54, 1.807) is 58.0 Å². The summed E-state index contributed by atoms with van der Waals surface area (Å²) < 4.78 is 17.0. The van der Waals surface area contributed by atoms with Crippen molar-refractivity contribution in [2.24, 2.45) is 0 Å². The van der Waals surface area contributed by atoms with Crippen molar-refractivity contribution in [3.05, 3.63) is 70.2 Å². The van der Waals surface area contributed by atoms with Gasteiger partial charge >= 0.3 is 5.97 Å². The predicted molar refractivity (Wildman–Crippen MR) is 125 cm³/mol. The Morgan fingerprint density at radius 2 is 1.44 bits per heavy atom. The van der Waals surface area contributed by atoms with E-state index in [1.165, 1.54) is 0 Å². The van der Waals surface area contributed by atoms with Crippen LogP contribution in [0.3, 0.4) is 0 Å². The Labute approximate surface area is 197 Å². The standard InChI is InChI=1S/C27H28O7/c1-26(2,30)21-12-16-9-14(5-7-18(16)32-21)10-20-24(28)23(25(29)34-20)15-6-8-19-17(11-15)13-22(33-19)27(3,4)31/h5-11,21-22,28,30-31H,12-13H2,1-4H3/b20-10-. The molecule has 2 atom stereocenters. The molecule has 0 amide bonds. The van der Waals surface area contributed by atoms with Gasteiger partial charge in [-0.05, 0) is 80.3 Å². The van der Waals surface area contributed by atoms with E-state index in [2.05, 4.69) is 0 Å². The number of carbonyl (C=O) groups is 1. The summed E-state index contributed by atoms with van der Waals surface area (Å²) in [5, 5.41) is 31.4. The van der Waals surface area contributed by atoms with Crippen LogP contribution in [-0.4, -0.2) is 44.7 Å². The lowest BCUT2D eigenvalue weighted by atomic mass is 9.95. The van der Waals surface area contributed by atoms with Gasteiger partial charge < -0.3 is 29.5 Å². The van der Waals surface area contributed by atoms with Gasteiger partial charge in [0.25, 0.3) is 0 Å². The highest BCUT2D eigenvalue weighted by Crippen LogP contribution is 2.39. The smallest absolute Gasteiger partial charge is 0.348 e. The first kappa shape index (κ1) is 22.5. The summed E-state index contributed by atoms with van der Waals surface area (Å²) in [7, 11) is 0. The summed E-state index contributed by atoms with van der Waals surface area (Å²) in [6, 6.07) is 10.7. The van der Waals surface area contributed by atoms with Crippen molar-refractivity contribution in [3.8, 4) is 11.5 Å². The number of rotatable bonds is 4. The highest BCUT2D eigenvalue weighted by Gasteiger charge is 2.37. The van der Waals surface area contributed by atoms with Crippen LogP contribution in [0.15, 0.2) is 47.9 Å². The lowest BCUT2D eigenvalue weighted by Gasteiger charge is -2.24. The lowest BCUT2D eigenvalue weighted by Crippen LogP contribution is -2.39. The zero-order valence-corrected chi connectivity index (χ0v) is 19.6. The second-order valence-corrected chi connectivity index (χ2v) is 10.2. The molecule has 0 saturated heterocycles. The summed E-state index contributed by atoms with van der Waals surface area (Å²) >= 11 is 0. The monoisotopic (exact) mass is 464 g/mol. The molecule has 2 aromatic carbocycles. The third kappa shape index (κ3) is 3.95. The van der Waals surface area contributed by atoms with E-state index in [0.717, 1.165) is 16.7 Å². The lowest BCUT2D eigenvalue weighted by molar-refractivity contribution is -0.131. The van der Waals surface area contributed by atoms with E-state index < -0.39 is 17.2 Å². The highest BCUT2D eigenvalue weighted by molar-refractivity contribution is 6.21. The van der Waals surface area contributed by atoms with Crippen LogP contribution in [0.4, 0.5) is 0 Å². The van der Waals surface area contributed by atoms with Gasteiger partial charge in [0, 0.05) is 12.8 Å². The second-order valence-electron chi connectivity index (χ2n) is 10.2. The molecule has 0 saturated carbocycles. The maximum absolute atomic E-state index is 12.7. The van der Waals surface area contributed by atoms with E-state index in [-0.39, 0.29) is 29.3 Å². The summed E-state index contributed by atoms with van der Waals surface area (Å²) in [4.78, 5) is 12.7. The molecule has 5 rings (SSSR count). The molecule has 34 heavy (non-hydrogen) atoms. The zero-order valence-electron chi connectivity index (χ0n) is 19.6. The molecule has 3 N–H and O–H groups in total. The van der Waals surface area contributed by atoms with Gasteiger partial charge in [-0.1, -0.05) is 12.1 Å². The first-order valence-electron chi connectivity index (χ1n) is 11.3. The molecule has 0 bridgehead atoms. The third-order valence-electron chi connectivity index (χ3n) is 6.53. The molecule has 3 aliphatic heterocycles. The van der Waals surface area contributed by atoms with Crippen LogP contribution >= 0.6 is 0 Å². The van der Waals surface area contributed by atoms with Crippen molar-refractivity contribution >= 4 is 17.6 Å². The number of benzene rings is 2. The Morgan fingerprint density at radius 1 is 0.882 bits per heavy atom. The van der Waals surface area contributed by atoms with Crippen molar-refractivity contribution < 1.29 is 34.3 Å². The Kier molecular flexibility index (Phi) is 5.04. The van der Waals surface area contributed by atoms with Crippen molar-refractivity contribution in [1.29, 1.82) is 0 Å². The Bertz CT molecular complexity index is 1240. The van der Waals surface area contributed by atoms with Crippen molar-refractivity contribution in [2.75, 3.05) is 0 Å². The van der Waals surface area contributed by atoms with Crippen LogP contribution in [-0.2, 0) is 22.4 Å². The minimum Gasteiger partial charge on any atom is -0.504 e. The maximum Gasteiger partial charge on any atom is 0.348 e. The van der Waals surface area contributed by atoms with Crippen LogP contribution in [0.5, 0.6) is 11.5 Å². The molecule has 3 aliphatic rings. The molecule has 7 nitrogen and oxygen atoms in total. The Balaban J connectivity index is 1.42. The van der Waals surface area contributed by atoms with E-state index >= 15 is 0 Å². The van der Waals surface area contributed by atoms with E-state index in [1.807, 2.05) is 12.1 Å². The Morgan fingerprint density at radius 3 is 2.03 bits per heavy atom. The van der Waals surface area contributed by atoms with Crippen LogP contribution < -0.4 is 9.47 Å². The number of fused-ring (bicyclic) bond motifs is 2. The number of aliphatic hydroxyl groups excluding tert-OH is 1. The largest absolute Gasteiger partial charge is 0.504 e. The number of esters is 1. The third-order valence-corrected chi connectivity index (χ3v) is 6.53. The molecule has 0 fully saturated rings. The Hall–Kier alpha value is -3.29. The van der Waals surface area contributed by atoms with Gasteiger partial charge in [-0.2, -0.15) is 0 Å². The first-order valence-corrected chi connectivity index (χ1v) is 11.3. The van der Waals surface area contributed by atoms with Gasteiger partial charge in [0.2, 0.25) is 0 Å². The van der Waals surface area contributed by atoms with E-state index in [0.29, 0.717) is 29.9 Å². The molecule has 3 heterocycles. The van der Waals surface area contributed by atoms with Crippen LogP contribution in [0.1, 0.15) is 49.9 Å². The molecule has 0 radical (unpaired) electrons. The average Bonchev–Trinajstić information content (AvgIpc) is 3.42. The second kappa shape index (κ2) is 7.61. The maximum atomic E-state index is 12.7. The first-order chi connectivity index (χ1) is 15.9. The molecule has 2 aromatic rings. The summed E-state index contributed by atoms with van der Waals surface area (Å²) in [6.45, 7) is 6.82. The number of aliphatic hydroxyl groups is 3. The number of carbonyl (C=O) groups excluding carboxylic acids is 1. The molecule has 0 aromatic heterocycles. The van der Waals surface area contributed by atoms with Crippen LogP contribution in [0, 0.1) is 0 Å². The van der Waals surface area contributed by atoms with Crippen molar-refractivity contribution in [3.63, 3.8) is 0 Å². The van der Waals surface area contributed by atoms with E-state index in [9.17, 15) is 20.1 Å². The van der Waals surface area contributed by atoms with Gasteiger partial charge in [0.05, 0.1) is 11.2 Å². The molecular formula is C27H28O7. The fraction of sp³-hybridized carbons (Fsp3) is 0.370. The normalized spacial score (nSPS) is 23.0. The highest BCUT2D eigenvalue weighted by atomic mass is 16.6. The quantitative estimate of drug-likeness (QED) is 0.593. The minimum absolute atomic E-state index is 0.0732. The average molecular weight is 465 g/mol. The topological polar surface area (TPSA) is 105 Å². The zero-order chi connectivity index (χ0) is 24.4. The molecular weight excluding hydrogens is 436 g/mol. The van der Waals surface area contributed by atoms with E-state index in [4.69, 9.17) is 14.2 Å². The number of hydrogen-bond donors (Lipinski definition) is 3. The SMILES string of the molecule is CC(C)(O)C1Cc2cc(/C=C3\OC(=O)C(c4ccc5c(c4)CC(C(C)(C)O)O5)=C3O)ccc2O1. The minimum atomic E-state index is -1.00. The predicted octanol–water partition coefficient (Wildman–Crippen LogP) is 3.70. The van der Waals surface area contributed by atoms with Crippen molar-refractivity contribution in [1.82, 2.24) is 0 Å². The number of cyclic esters (lactones) is 1. The molecule has 178 valence electrons. The van der Waals surface area contributed by atoms with Crippen LogP contribution in [0.2, 0.25) is 0 Å². The molecule has 0 spiro atoms. The molecule has 2 unspecified atom stereocenters. The van der Waals surface area contributed by atoms with Crippen molar-refractivity contribution in [2.45, 2.75) is 63.9 Å². The summed E-state index contributed by atoms with van der Waals surface area (Å²) in [6.07, 6.45) is 1.95. The summed E-state index contributed by atoms with van der Waals surface area (Å²) in [5.74, 6) is 0.581. The fourth-order valence-electron chi connectivity index (χ4n) is 4.47. The molecule has 0 aliphatic carbocycles. The fourth-order valence-corrected chi connectivity index (χ4v) is 4.47. The number of hydrogen-bond acceptors (Lipinski definition) is 7. The van der Waals surface area contributed by atoms with Gasteiger partial charge in [-0.25, -0.2) is 4.79 Å². The summed E-state index contributed by atoms with van der Waals surface area (Å²) in [5.41, 5.74) is 1.18. The van der Waals surface area contributed by atoms with Gasteiger partial charge in [0.15, 0.2) is 11.5 Å². The van der Waals surface area contributed by atoms with Gasteiger partial charge in [-0.3, -0.25) is 0 Å². The molecule has 7 heteroatoms. The van der Waals surface area contributed by atoms with Crippen LogP contribution in [0.25, 0.3) is 11.6 Å². The van der Waals surface area contributed by atoms with Gasteiger partial charge in [0.1, 0.15) is 29.3 Å².